The van der Waals surface area contributed by atoms with Crippen LogP contribution >= 0.6 is 0 Å². The molecule has 2 aliphatic heterocycles. The van der Waals surface area contributed by atoms with Crippen LogP contribution in [0.15, 0.2) is 60.7 Å². The van der Waals surface area contributed by atoms with Crippen LogP contribution in [0.4, 0.5) is 0 Å². The lowest BCUT2D eigenvalue weighted by Crippen LogP contribution is -2.00. The molecule has 0 saturated heterocycles. The molecule has 0 amide bonds. The minimum Gasteiger partial charge on any atom is -0.353 e. The van der Waals surface area contributed by atoms with Crippen LogP contribution in [0.25, 0.3) is 66.6 Å². The Morgan fingerprint density at radius 2 is 0.810 bits per heavy atom. The van der Waals surface area contributed by atoms with E-state index in [0.717, 1.165) is 138 Å². The molecule has 0 spiro atoms. The highest BCUT2D eigenvalue weighted by atomic mass is 14.8. The van der Waals surface area contributed by atoms with Gasteiger partial charge in [0, 0.05) is 16.7 Å². The van der Waals surface area contributed by atoms with Gasteiger partial charge in [-0.1, -0.05) is 129 Å². The van der Waals surface area contributed by atoms with Gasteiger partial charge in [0.15, 0.2) is 0 Å². The van der Waals surface area contributed by atoms with Gasteiger partial charge in [-0.15, -0.1) is 0 Å². The fourth-order valence-electron chi connectivity index (χ4n) is 10.0. The third-order valence-electron chi connectivity index (χ3n) is 12.6. The molecule has 0 radical (unpaired) electrons. The SMILES string of the molecule is CCCCc1c2nc(c(-c3ccccc3)c3[nH]c(c(CC)c3CC)c(C#N)c3[nH]c(c(CC)c3CC)c(-c3ccccc3)c3nc1C(CC)=C3CC)C(CC)=C2CC. The zero-order chi connectivity index (χ0) is 41.1. The van der Waals surface area contributed by atoms with Gasteiger partial charge in [-0.3, -0.25) is 0 Å². The van der Waals surface area contributed by atoms with E-state index in [1.165, 1.54) is 50.1 Å². The van der Waals surface area contributed by atoms with Crippen LogP contribution < -0.4 is 0 Å². The fourth-order valence-corrected chi connectivity index (χ4v) is 10.0. The van der Waals surface area contributed by atoms with Crippen LogP contribution in [0.3, 0.4) is 0 Å². The zero-order valence-electron chi connectivity index (χ0n) is 36.4. The summed E-state index contributed by atoms with van der Waals surface area (Å²) in [5, 5.41) is 11.4. The summed E-state index contributed by atoms with van der Waals surface area (Å²) < 4.78 is 0. The Bertz CT molecular complexity index is 2450. The van der Waals surface area contributed by atoms with Crippen molar-refractivity contribution in [2.75, 3.05) is 0 Å². The highest BCUT2D eigenvalue weighted by Gasteiger charge is 2.31. The Morgan fingerprint density at radius 1 is 0.448 bits per heavy atom. The summed E-state index contributed by atoms with van der Waals surface area (Å²) in [7, 11) is 0. The van der Waals surface area contributed by atoms with Crippen molar-refractivity contribution in [1.29, 1.82) is 5.26 Å². The predicted molar refractivity (Wildman–Crippen MR) is 248 cm³/mol. The Balaban J connectivity index is 1.92. The number of hydrogen-bond acceptors (Lipinski definition) is 3. The molecule has 2 aromatic carbocycles. The molecule has 7 rings (SSSR count). The van der Waals surface area contributed by atoms with Crippen LogP contribution in [0.1, 0.15) is 157 Å². The second-order valence-corrected chi connectivity index (χ2v) is 15.6. The molecule has 3 aromatic heterocycles. The lowest BCUT2D eigenvalue weighted by molar-refractivity contribution is 0.786. The zero-order valence-corrected chi connectivity index (χ0v) is 36.4. The molecule has 5 heterocycles. The van der Waals surface area contributed by atoms with E-state index in [4.69, 9.17) is 9.97 Å². The van der Waals surface area contributed by atoms with Gasteiger partial charge in [0.05, 0.1) is 50.4 Å². The number of H-pyrrole nitrogens is 2. The third-order valence-corrected chi connectivity index (χ3v) is 12.6. The van der Waals surface area contributed by atoms with Crippen molar-refractivity contribution >= 4 is 44.4 Å². The highest BCUT2D eigenvalue weighted by molar-refractivity contribution is 6.05. The molecular formula is C53H61N5. The summed E-state index contributed by atoms with van der Waals surface area (Å²) in [6.07, 6.45) is 9.82. The number of nitrogens with zero attached hydrogens (tertiary/aromatic N) is 3. The summed E-state index contributed by atoms with van der Waals surface area (Å²) >= 11 is 0. The molecule has 0 atom stereocenters. The van der Waals surface area contributed by atoms with Crippen LogP contribution in [0, 0.1) is 11.3 Å². The number of aromatic amines is 2. The van der Waals surface area contributed by atoms with Gasteiger partial charge in [0.25, 0.3) is 0 Å². The topological polar surface area (TPSA) is 81.1 Å². The lowest BCUT2D eigenvalue weighted by atomic mass is 9.89. The second kappa shape index (κ2) is 17.6. The molecular weight excluding hydrogens is 707 g/mol. The van der Waals surface area contributed by atoms with E-state index in [1.54, 1.807) is 0 Å². The third kappa shape index (κ3) is 6.65. The first-order valence-corrected chi connectivity index (χ1v) is 22.2. The van der Waals surface area contributed by atoms with Crippen molar-refractivity contribution in [3.63, 3.8) is 0 Å². The first-order valence-electron chi connectivity index (χ1n) is 22.2. The number of aryl methyl sites for hydroxylation is 4. The van der Waals surface area contributed by atoms with Gasteiger partial charge in [-0.05, 0) is 120 Å². The average Bonchev–Trinajstić information content (AvgIpc) is 4.02. The Hall–Kier alpha value is -5.47. The summed E-state index contributed by atoms with van der Waals surface area (Å²) in [5.41, 5.74) is 24.9. The number of benzene rings is 2. The minimum atomic E-state index is 0.667. The van der Waals surface area contributed by atoms with Crippen molar-refractivity contribution < 1.29 is 0 Å². The van der Waals surface area contributed by atoms with Crippen LogP contribution in [0.5, 0.6) is 0 Å². The molecule has 0 unspecified atom stereocenters. The number of fused-ring (bicyclic) bond motifs is 8. The number of allylic oxidation sites excluding steroid dienone is 4. The van der Waals surface area contributed by atoms with Crippen molar-refractivity contribution in [3.8, 4) is 28.3 Å². The quantitative estimate of drug-likeness (QED) is 0.125. The normalized spacial score (nSPS) is 12.8. The Morgan fingerprint density at radius 3 is 1.14 bits per heavy atom. The van der Waals surface area contributed by atoms with Crippen molar-refractivity contribution in [1.82, 2.24) is 19.9 Å². The number of aromatic nitrogens is 4. The van der Waals surface area contributed by atoms with Gasteiger partial charge in [0.1, 0.15) is 6.07 Å². The summed E-state index contributed by atoms with van der Waals surface area (Å²) in [6, 6.07) is 24.4. The molecule has 5 heteroatoms. The van der Waals surface area contributed by atoms with Gasteiger partial charge >= 0.3 is 0 Å². The summed E-state index contributed by atoms with van der Waals surface area (Å²) in [6.45, 7) is 20.4. The molecule has 2 aliphatic rings. The number of nitrogens with one attached hydrogen (secondary N) is 2. The second-order valence-electron chi connectivity index (χ2n) is 15.6. The number of hydrogen-bond donors (Lipinski definition) is 2. The fraction of sp³-hybridized carbons (Fsp3) is 0.377. The van der Waals surface area contributed by atoms with Crippen molar-refractivity contribution in [2.24, 2.45) is 0 Å². The molecule has 5 aromatic rings. The van der Waals surface area contributed by atoms with Gasteiger partial charge in [-0.25, -0.2) is 9.97 Å². The van der Waals surface area contributed by atoms with E-state index in [9.17, 15) is 5.26 Å². The maximum atomic E-state index is 11.4. The van der Waals surface area contributed by atoms with E-state index >= 15 is 0 Å². The van der Waals surface area contributed by atoms with E-state index in [0.29, 0.717) is 5.56 Å². The predicted octanol–water partition coefficient (Wildman–Crippen LogP) is 14.6. The molecule has 5 nitrogen and oxygen atoms in total. The maximum absolute atomic E-state index is 11.4. The highest BCUT2D eigenvalue weighted by Crippen LogP contribution is 2.47. The first-order chi connectivity index (χ1) is 28.4. The maximum Gasteiger partial charge on any atom is 0.104 e. The standard InChI is InChI=1S/C53H61N5/c1-10-19-30-42-46-34(11-2)38(15-6)50(55-46)44(32-26-22-20-23-27-32)52-40(17-8)36(13-4)48(57-52)43(31-54)49-37(14-5)41(18-9)53(58-49)45(33-28-24-21-25-29-33)51-39(16-7)35(12-3)47(42)56-51/h20-29,57-58H,10-19,30H2,1-9H3. The van der Waals surface area contributed by atoms with Crippen molar-refractivity contribution in [3.05, 3.63) is 117 Å². The number of nitriles is 1. The average molecular weight is 768 g/mol. The lowest BCUT2D eigenvalue weighted by Gasteiger charge is -2.12. The number of rotatable bonds is 13. The largest absolute Gasteiger partial charge is 0.353 e. The van der Waals surface area contributed by atoms with Gasteiger partial charge in [-0.2, -0.15) is 5.26 Å². The van der Waals surface area contributed by atoms with E-state index in [2.05, 4.69) is 139 Å². The molecule has 0 aliphatic carbocycles. The Kier molecular flexibility index (Phi) is 12.3. The molecule has 298 valence electrons. The molecule has 0 saturated carbocycles. The molecule has 2 N–H and O–H groups in total. The number of unbranched alkanes of at least 4 members (excludes halogenated alkanes) is 1. The summed E-state index contributed by atoms with van der Waals surface area (Å²) in [4.78, 5) is 19.7. The van der Waals surface area contributed by atoms with Gasteiger partial charge in [0.2, 0.25) is 0 Å². The van der Waals surface area contributed by atoms with Crippen LogP contribution in [0.2, 0.25) is 0 Å². The van der Waals surface area contributed by atoms with E-state index in [-0.39, 0.29) is 0 Å². The van der Waals surface area contributed by atoms with Gasteiger partial charge < -0.3 is 9.97 Å². The smallest absolute Gasteiger partial charge is 0.104 e. The first kappa shape index (κ1) is 40.7. The summed E-state index contributed by atoms with van der Waals surface area (Å²) in [5.74, 6) is 0. The monoisotopic (exact) mass is 767 g/mol. The van der Waals surface area contributed by atoms with Crippen LogP contribution in [-0.4, -0.2) is 19.9 Å². The molecule has 8 bridgehead atoms. The van der Waals surface area contributed by atoms with E-state index < -0.39 is 0 Å². The Labute approximate surface area is 346 Å². The molecule has 58 heavy (non-hydrogen) atoms. The van der Waals surface area contributed by atoms with Crippen LogP contribution in [-0.2, 0) is 32.1 Å². The minimum absolute atomic E-state index is 0.667. The van der Waals surface area contributed by atoms with Crippen molar-refractivity contribution in [2.45, 2.75) is 133 Å². The van der Waals surface area contributed by atoms with E-state index in [1.807, 2.05) is 0 Å². The molecule has 0 fully saturated rings.